The van der Waals surface area contributed by atoms with Gasteiger partial charge in [-0.1, -0.05) is 75.3 Å². The highest BCUT2D eigenvalue weighted by Gasteiger charge is 2.03. The van der Waals surface area contributed by atoms with Gasteiger partial charge in [-0.2, -0.15) is 0 Å². The summed E-state index contributed by atoms with van der Waals surface area (Å²) < 4.78 is 0. The largest absolute Gasteiger partial charge is 0.328 e. The molecule has 0 spiro atoms. The minimum atomic E-state index is 0.381. The van der Waals surface area contributed by atoms with Crippen molar-refractivity contribution < 1.29 is 0 Å². The number of hydrogen-bond acceptors (Lipinski definition) is 1. The van der Waals surface area contributed by atoms with Gasteiger partial charge in [-0.3, -0.25) is 0 Å². The lowest BCUT2D eigenvalue weighted by atomic mass is 9.99. The van der Waals surface area contributed by atoms with Gasteiger partial charge >= 0.3 is 0 Å². The van der Waals surface area contributed by atoms with Gasteiger partial charge in [0, 0.05) is 6.04 Å². The number of aryl methyl sites for hydroxylation is 2. The fourth-order valence-electron chi connectivity index (χ4n) is 2.55. The lowest BCUT2D eigenvalue weighted by Crippen LogP contribution is -2.20. The Bertz CT molecular complexity index is 332. The molecular formula is C18H31N. The third-order valence-electron chi connectivity index (χ3n) is 3.81. The molecule has 1 unspecified atom stereocenters. The average Bonchev–Trinajstić information content (AvgIpc) is 2.40. The minimum absolute atomic E-state index is 0.381. The van der Waals surface area contributed by atoms with E-state index in [1.54, 1.807) is 0 Å². The normalized spacial score (nSPS) is 12.6. The van der Waals surface area contributed by atoms with E-state index in [9.17, 15) is 0 Å². The molecular weight excluding hydrogens is 230 g/mol. The maximum absolute atomic E-state index is 6.20. The van der Waals surface area contributed by atoms with E-state index in [4.69, 9.17) is 5.73 Å². The number of benzene rings is 1. The standard InChI is InChI=1S/C18H31N/c1-3-4-5-6-7-8-12-18(19)14-13-17-11-9-10-16(2)15-17/h9-11,15,18H,3-8,12-14,19H2,1-2H3. The summed E-state index contributed by atoms with van der Waals surface area (Å²) in [5.41, 5.74) is 8.98. The Labute approximate surface area is 119 Å². The van der Waals surface area contributed by atoms with Crippen LogP contribution in [0.2, 0.25) is 0 Å². The van der Waals surface area contributed by atoms with Gasteiger partial charge in [-0.25, -0.2) is 0 Å². The van der Waals surface area contributed by atoms with Crippen LogP contribution in [0, 0.1) is 6.92 Å². The Hall–Kier alpha value is -0.820. The molecule has 1 aromatic carbocycles. The summed E-state index contributed by atoms with van der Waals surface area (Å²) in [6.45, 7) is 4.42. The van der Waals surface area contributed by atoms with Crippen molar-refractivity contribution in [1.29, 1.82) is 0 Å². The number of unbranched alkanes of at least 4 members (excludes halogenated alkanes) is 5. The maximum Gasteiger partial charge on any atom is 0.00419 e. The smallest absolute Gasteiger partial charge is 0.00419 e. The van der Waals surface area contributed by atoms with Crippen LogP contribution < -0.4 is 5.73 Å². The summed E-state index contributed by atoms with van der Waals surface area (Å²) in [7, 11) is 0. The van der Waals surface area contributed by atoms with Crippen LogP contribution in [0.4, 0.5) is 0 Å². The van der Waals surface area contributed by atoms with E-state index in [-0.39, 0.29) is 0 Å². The van der Waals surface area contributed by atoms with E-state index < -0.39 is 0 Å². The monoisotopic (exact) mass is 261 g/mol. The molecule has 0 radical (unpaired) electrons. The Kier molecular flexibility index (Phi) is 8.57. The van der Waals surface area contributed by atoms with Crippen LogP contribution in [0.3, 0.4) is 0 Å². The van der Waals surface area contributed by atoms with Gasteiger partial charge in [0.05, 0.1) is 0 Å². The molecule has 0 heterocycles. The van der Waals surface area contributed by atoms with Gasteiger partial charge in [0.15, 0.2) is 0 Å². The zero-order chi connectivity index (χ0) is 13.9. The first-order valence-corrected chi connectivity index (χ1v) is 8.03. The molecule has 1 atom stereocenters. The summed E-state index contributed by atoms with van der Waals surface area (Å²) in [5.74, 6) is 0. The molecule has 1 heteroatoms. The molecule has 0 aliphatic carbocycles. The third kappa shape index (κ3) is 8.05. The van der Waals surface area contributed by atoms with Gasteiger partial charge in [-0.05, 0) is 31.7 Å². The fraction of sp³-hybridized carbons (Fsp3) is 0.667. The summed E-state index contributed by atoms with van der Waals surface area (Å²) >= 11 is 0. The van der Waals surface area contributed by atoms with Gasteiger partial charge in [0.25, 0.3) is 0 Å². The number of rotatable bonds is 10. The van der Waals surface area contributed by atoms with Gasteiger partial charge in [-0.15, -0.1) is 0 Å². The van der Waals surface area contributed by atoms with Crippen LogP contribution in [0.25, 0.3) is 0 Å². The first-order chi connectivity index (χ1) is 9.22. The Morgan fingerprint density at radius 2 is 1.74 bits per heavy atom. The first-order valence-electron chi connectivity index (χ1n) is 8.03. The molecule has 1 rings (SSSR count). The highest BCUT2D eigenvalue weighted by Crippen LogP contribution is 2.12. The van der Waals surface area contributed by atoms with E-state index in [0.717, 1.165) is 12.8 Å². The zero-order valence-corrected chi connectivity index (χ0v) is 12.8. The van der Waals surface area contributed by atoms with Gasteiger partial charge in [0.1, 0.15) is 0 Å². The van der Waals surface area contributed by atoms with Crippen molar-refractivity contribution in [1.82, 2.24) is 0 Å². The predicted octanol–water partition coefficient (Wildman–Crippen LogP) is 5.01. The molecule has 0 aliphatic heterocycles. The van der Waals surface area contributed by atoms with Gasteiger partial charge < -0.3 is 5.73 Å². The molecule has 108 valence electrons. The lowest BCUT2D eigenvalue weighted by Gasteiger charge is -2.11. The quantitative estimate of drug-likeness (QED) is 0.589. The van der Waals surface area contributed by atoms with Crippen LogP contribution in [0.5, 0.6) is 0 Å². The molecule has 2 N–H and O–H groups in total. The van der Waals surface area contributed by atoms with E-state index in [2.05, 4.69) is 38.1 Å². The zero-order valence-electron chi connectivity index (χ0n) is 12.8. The molecule has 19 heavy (non-hydrogen) atoms. The Balaban J connectivity index is 2.06. The van der Waals surface area contributed by atoms with Crippen molar-refractivity contribution in [3.63, 3.8) is 0 Å². The lowest BCUT2D eigenvalue weighted by molar-refractivity contribution is 0.512. The molecule has 0 bridgehead atoms. The highest BCUT2D eigenvalue weighted by atomic mass is 14.6. The van der Waals surface area contributed by atoms with Crippen LogP contribution in [-0.4, -0.2) is 6.04 Å². The molecule has 0 aliphatic rings. The fourth-order valence-corrected chi connectivity index (χ4v) is 2.55. The van der Waals surface area contributed by atoms with Crippen LogP contribution in [0.15, 0.2) is 24.3 Å². The van der Waals surface area contributed by atoms with Crippen molar-refractivity contribution in [2.75, 3.05) is 0 Å². The summed E-state index contributed by atoms with van der Waals surface area (Å²) in [5, 5.41) is 0. The van der Waals surface area contributed by atoms with Crippen molar-refractivity contribution in [2.24, 2.45) is 5.73 Å². The topological polar surface area (TPSA) is 26.0 Å². The average molecular weight is 261 g/mol. The maximum atomic E-state index is 6.20. The molecule has 1 nitrogen and oxygen atoms in total. The summed E-state index contributed by atoms with van der Waals surface area (Å²) in [6.07, 6.45) is 11.6. The predicted molar refractivity (Wildman–Crippen MR) is 85.5 cm³/mol. The second-order valence-electron chi connectivity index (χ2n) is 5.84. The van der Waals surface area contributed by atoms with Crippen LogP contribution in [-0.2, 0) is 6.42 Å². The molecule has 0 amide bonds. The van der Waals surface area contributed by atoms with E-state index in [1.807, 2.05) is 0 Å². The molecule has 0 fully saturated rings. The molecule has 1 aromatic rings. The molecule has 0 saturated carbocycles. The SMILES string of the molecule is CCCCCCCCC(N)CCc1cccc(C)c1. The minimum Gasteiger partial charge on any atom is -0.328 e. The van der Waals surface area contributed by atoms with Crippen molar-refractivity contribution in [3.05, 3.63) is 35.4 Å². The van der Waals surface area contributed by atoms with Crippen LogP contribution in [0.1, 0.15) is 69.4 Å². The first kappa shape index (κ1) is 16.2. The Morgan fingerprint density at radius 1 is 1.00 bits per heavy atom. The molecule has 0 aromatic heterocycles. The second kappa shape index (κ2) is 10.0. The number of hydrogen-bond donors (Lipinski definition) is 1. The Morgan fingerprint density at radius 3 is 2.47 bits per heavy atom. The summed E-state index contributed by atoms with van der Waals surface area (Å²) in [4.78, 5) is 0. The van der Waals surface area contributed by atoms with Crippen molar-refractivity contribution in [3.8, 4) is 0 Å². The highest BCUT2D eigenvalue weighted by molar-refractivity contribution is 5.22. The third-order valence-corrected chi connectivity index (χ3v) is 3.81. The van der Waals surface area contributed by atoms with Gasteiger partial charge in [0.2, 0.25) is 0 Å². The second-order valence-corrected chi connectivity index (χ2v) is 5.84. The van der Waals surface area contributed by atoms with Crippen molar-refractivity contribution in [2.45, 2.75) is 77.7 Å². The van der Waals surface area contributed by atoms with E-state index >= 15 is 0 Å². The van der Waals surface area contributed by atoms with E-state index in [0.29, 0.717) is 6.04 Å². The van der Waals surface area contributed by atoms with Crippen molar-refractivity contribution >= 4 is 0 Å². The van der Waals surface area contributed by atoms with Crippen LogP contribution >= 0.6 is 0 Å². The molecule has 0 saturated heterocycles. The number of nitrogens with two attached hydrogens (primary N) is 1. The summed E-state index contributed by atoms with van der Waals surface area (Å²) in [6, 6.07) is 9.16. The van der Waals surface area contributed by atoms with E-state index in [1.165, 1.54) is 56.1 Å².